The Balaban J connectivity index is 2.38. The molecule has 0 unspecified atom stereocenters. The van der Waals surface area contributed by atoms with Gasteiger partial charge in [0.15, 0.2) is 15.8 Å². The van der Waals surface area contributed by atoms with Gasteiger partial charge in [-0.25, -0.2) is 13.4 Å². The van der Waals surface area contributed by atoms with Gasteiger partial charge in [0, 0.05) is 31.7 Å². The van der Waals surface area contributed by atoms with E-state index in [1.165, 1.54) is 15.6 Å². The molecule has 0 aliphatic rings. The zero-order valence-electron chi connectivity index (χ0n) is 12.7. The average Bonchev–Trinajstić information content (AvgIpc) is 2.99. The molecule has 2 heterocycles. The fourth-order valence-electron chi connectivity index (χ4n) is 2.15. The number of thiazole rings is 1. The second kappa shape index (κ2) is 6.76. The summed E-state index contributed by atoms with van der Waals surface area (Å²) in [7, 11) is -1.92. The summed E-state index contributed by atoms with van der Waals surface area (Å²) in [6.07, 6.45) is 4.72. The zero-order chi connectivity index (χ0) is 15.5. The third kappa shape index (κ3) is 3.22. The fourth-order valence-corrected chi connectivity index (χ4v) is 4.34. The van der Waals surface area contributed by atoms with Crippen LogP contribution in [0.4, 0.5) is 5.82 Å². The molecule has 1 N–H and O–H groups in total. The van der Waals surface area contributed by atoms with E-state index in [-0.39, 0.29) is 5.03 Å². The maximum Gasteiger partial charge on any atom is 0.262 e. The summed E-state index contributed by atoms with van der Waals surface area (Å²) in [5.41, 5.74) is 0. The van der Waals surface area contributed by atoms with Crippen molar-refractivity contribution in [3.63, 3.8) is 0 Å². The van der Waals surface area contributed by atoms with Crippen LogP contribution >= 0.6 is 11.3 Å². The van der Waals surface area contributed by atoms with Crippen molar-refractivity contribution in [1.82, 2.24) is 13.7 Å². The molecular weight excluding hydrogens is 308 g/mol. The Kier molecular flexibility index (Phi) is 5.23. The van der Waals surface area contributed by atoms with E-state index in [4.69, 9.17) is 0 Å². The number of nitrogens with one attached hydrogen (secondary N) is 1. The van der Waals surface area contributed by atoms with Gasteiger partial charge in [-0.2, -0.15) is 4.31 Å². The Labute approximate surface area is 129 Å². The van der Waals surface area contributed by atoms with E-state index >= 15 is 0 Å². The summed E-state index contributed by atoms with van der Waals surface area (Å²) in [5, 5.41) is 5.13. The topological polar surface area (TPSA) is 66.7 Å². The van der Waals surface area contributed by atoms with Crippen LogP contribution in [0.5, 0.6) is 0 Å². The molecule has 6 nitrogen and oxygen atoms in total. The first kappa shape index (κ1) is 16.3. The Hall–Kier alpha value is -1.12. The Morgan fingerprint density at radius 1 is 1.38 bits per heavy atom. The molecule has 0 spiro atoms. The molecule has 0 aliphatic heterocycles. The second-order valence-corrected chi connectivity index (χ2v) is 7.72. The normalized spacial score (nSPS) is 12.4. The molecule has 0 aliphatic carbocycles. The number of anilines is 1. The third-order valence-corrected chi connectivity index (χ3v) is 5.93. The van der Waals surface area contributed by atoms with Gasteiger partial charge in [-0.1, -0.05) is 19.8 Å². The summed E-state index contributed by atoms with van der Waals surface area (Å²) in [6, 6.07) is 0. The first-order chi connectivity index (χ1) is 10.0. The third-order valence-electron chi connectivity index (χ3n) is 3.29. The molecule has 2 rings (SSSR count). The monoisotopic (exact) mass is 330 g/mol. The number of unbranched alkanes of at least 4 members (excludes halogenated alkanes) is 2. The molecule has 8 heteroatoms. The summed E-state index contributed by atoms with van der Waals surface area (Å²) in [4.78, 5) is 5.06. The second-order valence-electron chi connectivity index (χ2n) is 4.89. The molecule has 118 valence electrons. The van der Waals surface area contributed by atoms with Gasteiger partial charge in [0.2, 0.25) is 0 Å². The van der Waals surface area contributed by atoms with Gasteiger partial charge >= 0.3 is 0 Å². The molecule has 2 aromatic rings. The van der Waals surface area contributed by atoms with Crippen LogP contribution in [0.2, 0.25) is 0 Å². The van der Waals surface area contributed by atoms with Gasteiger partial charge in [0.05, 0.1) is 0 Å². The molecule has 0 bridgehead atoms. The van der Waals surface area contributed by atoms with Crippen LogP contribution in [0.15, 0.2) is 16.6 Å². The number of rotatable bonds is 8. The van der Waals surface area contributed by atoms with Crippen molar-refractivity contribution in [2.45, 2.75) is 38.1 Å². The highest BCUT2D eigenvalue weighted by Crippen LogP contribution is 2.27. The van der Waals surface area contributed by atoms with Gasteiger partial charge in [0.25, 0.3) is 10.0 Å². The Morgan fingerprint density at radius 2 is 2.14 bits per heavy atom. The van der Waals surface area contributed by atoms with Crippen molar-refractivity contribution < 1.29 is 8.42 Å². The highest BCUT2D eigenvalue weighted by molar-refractivity contribution is 7.89. The van der Waals surface area contributed by atoms with Crippen molar-refractivity contribution >= 4 is 32.1 Å². The van der Waals surface area contributed by atoms with E-state index in [1.54, 1.807) is 17.6 Å². The van der Waals surface area contributed by atoms with E-state index in [9.17, 15) is 8.42 Å². The molecule has 0 amide bonds. The van der Waals surface area contributed by atoms with E-state index in [0.29, 0.717) is 23.9 Å². The predicted octanol–water partition coefficient (Wildman–Crippen LogP) is 2.64. The lowest BCUT2D eigenvalue weighted by atomic mass is 10.2. The van der Waals surface area contributed by atoms with Crippen molar-refractivity contribution in [2.75, 3.05) is 25.5 Å². The SMILES string of the molecule is CCCCCN(C)S(=O)(=O)c1c(NCC)nc2sccn12. The minimum atomic E-state index is -3.55. The van der Waals surface area contributed by atoms with Crippen LogP contribution in [0, 0.1) is 0 Å². The van der Waals surface area contributed by atoms with Crippen molar-refractivity contribution in [1.29, 1.82) is 0 Å². The van der Waals surface area contributed by atoms with Crippen molar-refractivity contribution in [3.8, 4) is 0 Å². The number of hydrogen-bond donors (Lipinski definition) is 1. The average molecular weight is 330 g/mol. The molecular formula is C13H22N4O2S2. The Morgan fingerprint density at radius 3 is 2.81 bits per heavy atom. The predicted molar refractivity (Wildman–Crippen MR) is 86.6 cm³/mol. The minimum Gasteiger partial charge on any atom is -0.368 e. The summed E-state index contributed by atoms with van der Waals surface area (Å²) in [5.74, 6) is 0.437. The lowest BCUT2D eigenvalue weighted by molar-refractivity contribution is 0.451. The highest BCUT2D eigenvalue weighted by Gasteiger charge is 2.29. The quantitative estimate of drug-likeness (QED) is 0.756. The molecule has 0 atom stereocenters. The number of aromatic nitrogens is 2. The molecule has 0 saturated carbocycles. The summed E-state index contributed by atoms with van der Waals surface area (Å²) < 4.78 is 28.7. The maximum atomic E-state index is 12.8. The van der Waals surface area contributed by atoms with Crippen LogP contribution in [0.25, 0.3) is 4.96 Å². The van der Waals surface area contributed by atoms with Crippen LogP contribution in [-0.2, 0) is 10.0 Å². The van der Waals surface area contributed by atoms with Gasteiger partial charge in [0.1, 0.15) is 0 Å². The zero-order valence-corrected chi connectivity index (χ0v) is 14.3. The molecule has 0 saturated heterocycles. The molecule has 2 aromatic heterocycles. The highest BCUT2D eigenvalue weighted by atomic mass is 32.2. The number of imidazole rings is 1. The fraction of sp³-hybridized carbons (Fsp3) is 0.615. The number of sulfonamides is 1. The van der Waals surface area contributed by atoms with E-state index in [2.05, 4.69) is 17.2 Å². The number of fused-ring (bicyclic) bond motifs is 1. The lowest BCUT2D eigenvalue weighted by Crippen LogP contribution is -2.29. The number of hydrogen-bond acceptors (Lipinski definition) is 5. The van der Waals surface area contributed by atoms with E-state index < -0.39 is 10.0 Å². The van der Waals surface area contributed by atoms with Gasteiger partial charge in [-0.15, -0.1) is 11.3 Å². The van der Waals surface area contributed by atoms with Crippen LogP contribution < -0.4 is 5.32 Å². The van der Waals surface area contributed by atoms with Gasteiger partial charge in [-0.3, -0.25) is 4.40 Å². The van der Waals surface area contributed by atoms with Gasteiger partial charge in [-0.05, 0) is 13.3 Å². The maximum absolute atomic E-state index is 12.8. The van der Waals surface area contributed by atoms with Crippen LogP contribution in [0.3, 0.4) is 0 Å². The standard InChI is InChI=1S/C13H22N4O2S2/c1-4-6-7-8-16(3)21(18,19)12-11(14-5-2)15-13-17(12)9-10-20-13/h9-10,14H,4-8H2,1-3H3. The summed E-state index contributed by atoms with van der Waals surface area (Å²) in [6.45, 7) is 5.18. The van der Waals surface area contributed by atoms with Crippen molar-refractivity contribution in [2.24, 2.45) is 0 Å². The first-order valence-corrected chi connectivity index (χ1v) is 9.50. The largest absolute Gasteiger partial charge is 0.368 e. The minimum absolute atomic E-state index is 0.236. The molecule has 0 fully saturated rings. The summed E-state index contributed by atoms with van der Waals surface area (Å²) >= 11 is 1.43. The van der Waals surface area contributed by atoms with Gasteiger partial charge < -0.3 is 5.32 Å². The van der Waals surface area contributed by atoms with Crippen molar-refractivity contribution in [3.05, 3.63) is 11.6 Å². The number of nitrogens with zero attached hydrogens (tertiary/aromatic N) is 3. The Bertz CT molecular complexity index is 690. The van der Waals surface area contributed by atoms with Crippen LogP contribution in [-0.4, -0.2) is 42.2 Å². The molecule has 0 aromatic carbocycles. The molecule has 21 heavy (non-hydrogen) atoms. The van der Waals surface area contributed by atoms with E-state index in [1.807, 2.05) is 12.3 Å². The lowest BCUT2D eigenvalue weighted by Gasteiger charge is -2.17. The molecule has 0 radical (unpaired) electrons. The van der Waals surface area contributed by atoms with Crippen LogP contribution in [0.1, 0.15) is 33.1 Å². The smallest absolute Gasteiger partial charge is 0.262 e. The first-order valence-electron chi connectivity index (χ1n) is 7.18. The van der Waals surface area contributed by atoms with E-state index in [0.717, 1.165) is 19.3 Å².